The summed E-state index contributed by atoms with van der Waals surface area (Å²) in [5, 5.41) is 4.17. The average Bonchev–Trinajstić information content (AvgIpc) is 3.29. The number of nitrogens with zero attached hydrogens (tertiary/aromatic N) is 1. The standard InChI is InChI=1S/C28H32F3N3O2/c29-28(30,31)36-23-8-6-7-21(19-23)11-12-27(35)32-15-4-1-5-16-34-17-13-22(14-18-34)25-20-33-26-10-3-2-9-24(25)26/h2-3,6-12,19-20,22,33H,1,4-5,13-18H2,(H,32,35)/b12-11+. The molecule has 8 heteroatoms. The maximum atomic E-state index is 12.3. The normalized spacial score (nSPS) is 15.5. The van der Waals surface area contributed by atoms with Crippen molar-refractivity contribution in [3.8, 4) is 5.75 Å². The molecule has 2 aromatic carbocycles. The third kappa shape index (κ3) is 7.62. The van der Waals surface area contributed by atoms with Crippen molar-refractivity contribution in [1.82, 2.24) is 15.2 Å². The number of rotatable bonds is 10. The lowest BCUT2D eigenvalue weighted by molar-refractivity contribution is -0.274. The molecule has 1 aromatic heterocycles. The Labute approximate surface area is 209 Å². The Hall–Kier alpha value is -3.26. The lowest BCUT2D eigenvalue weighted by atomic mass is 9.89. The van der Waals surface area contributed by atoms with Crippen LogP contribution in [0.1, 0.15) is 49.1 Å². The van der Waals surface area contributed by atoms with Crippen LogP contribution in [0, 0.1) is 0 Å². The van der Waals surface area contributed by atoms with E-state index in [0.29, 0.717) is 18.0 Å². The van der Waals surface area contributed by atoms with Crippen molar-refractivity contribution in [1.29, 1.82) is 0 Å². The van der Waals surface area contributed by atoms with E-state index >= 15 is 0 Å². The van der Waals surface area contributed by atoms with Gasteiger partial charge < -0.3 is 19.9 Å². The van der Waals surface area contributed by atoms with Gasteiger partial charge in [0.25, 0.3) is 0 Å². The predicted molar refractivity (Wildman–Crippen MR) is 136 cm³/mol. The van der Waals surface area contributed by atoms with Crippen LogP contribution in [0.4, 0.5) is 13.2 Å². The van der Waals surface area contributed by atoms with Gasteiger partial charge in [-0.15, -0.1) is 13.2 Å². The van der Waals surface area contributed by atoms with Gasteiger partial charge in [0.1, 0.15) is 5.75 Å². The minimum absolute atomic E-state index is 0.267. The van der Waals surface area contributed by atoms with Gasteiger partial charge in [0.2, 0.25) is 5.91 Å². The fourth-order valence-corrected chi connectivity index (χ4v) is 4.79. The number of amides is 1. The third-order valence-corrected chi connectivity index (χ3v) is 6.62. The van der Waals surface area contributed by atoms with Crippen LogP contribution < -0.4 is 10.1 Å². The smallest absolute Gasteiger partial charge is 0.406 e. The molecule has 2 heterocycles. The molecular weight excluding hydrogens is 467 g/mol. The number of piperidine rings is 1. The summed E-state index contributed by atoms with van der Waals surface area (Å²) in [5.74, 6) is 0.0315. The molecule has 0 atom stereocenters. The van der Waals surface area contributed by atoms with Gasteiger partial charge in [-0.2, -0.15) is 0 Å². The topological polar surface area (TPSA) is 57.4 Å². The number of halogens is 3. The number of hydrogen-bond donors (Lipinski definition) is 2. The summed E-state index contributed by atoms with van der Waals surface area (Å²) < 4.78 is 40.9. The van der Waals surface area contributed by atoms with E-state index in [0.717, 1.165) is 38.9 Å². The molecule has 0 radical (unpaired) electrons. The second kappa shape index (κ2) is 12.1. The molecule has 4 rings (SSSR count). The van der Waals surface area contributed by atoms with Crippen LogP contribution in [-0.4, -0.2) is 48.3 Å². The molecule has 1 aliphatic heterocycles. The van der Waals surface area contributed by atoms with Gasteiger partial charge in [-0.1, -0.05) is 36.8 Å². The van der Waals surface area contributed by atoms with E-state index in [2.05, 4.69) is 50.4 Å². The minimum atomic E-state index is -4.74. The van der Waals surface area contributed by atoms with Crippen LogP contribution in [-0.2, 0) is 4.79 Å². The molecule has 1 aliphatic rings. The number of fused-ring (bicyclic) bond motifs is 1. The first-order valence-electron chi connectivity index (χ1n) is 12.5. The maximum absolute atomic E-state index is 12.3. The van der Waals surface area contributed by atoms with E-state index in [9.17, 15) is 18.0 Å². The summed E-state index contributed by atoms with van der Waals surface area (Å²) >= 11 is 0. The fraction of sp³-hybridized carbons (Fsp3) is 0.393. The Morgan fingerprint density at radius 1 is 1.08 bits per heavy atom. The molecule has 1 fully saturated rings. The summed E-state index contributed by atoms with van der Waals surface area (Å²) in [7, 11) is 0. The van der Waals surface area contributed by atoms with Crippen molar-refractivity contribution in [3.05, 3.63) is 71.9 Å². The zero-order valence-electron chi connectivity index (χ0n) is 20.2. The van der Waals surface area contributed by atoms with Crippen molar-refractivity contribution in [2.45, 2.75) is 44.4 Å². The highest BCUT2D eigenvalue weighted by Crippen LogP contribution is 2.33. The van der Waals surface area contributed by atoms with Crippen molar-refractivity contribution in [3.63, 3.8) is 0 Å². The number of benzene rings is 2. The largest absolute Gasteiger partial charge is 0.573 e. The molecule has 1 amide bonds. The lowest BCUT2D eigenvalue weighted by Gasteiger charge is -2.32. The third-order valence-electron chi connectivity index (χ3n) is 6.62. The van der Waals surface area contributed by atoms with Crippen molar-refractivity contribution in [2.75, 3.05) is 26.2 Å². The SMILES string of the molecule is O=C(/C=C/c1cccc(OC(F)(F)F)c1)NCCCCCN1CCC(c2c[nH]c3ccccc23)CC1. The Morgan fingerprint density at radius 2 is 1.89 bits per heavy atom. The predicted octanol–water partition coefficient (Wildman–Crippen LogP) is 6.25. The Morgan fingerprint density at radius 3 is 2.69 bits per heavy atom. The zero-order valence-corrected chi connectivity index (χ0v) is 20.2. The second-order valence-electron chi connectivity index (χ2n) is 9.21. The second-order valence-corrected chi connectivity index (χ2v) is 9.21. The van der Waals surface area contributed by atoms with E-state index in [4.69, 9.17) is 0 Å². The zero-order chi connectivity index (χ0) is 25.4. The molecule has 1 saturated heterocycles. The van der Waals surface area contributed by atoms with E-state index in [-0.39, 0.29) is 11.7 Å². The van der Waals surface area contributed by atoms with Gasteiger partial charge in [-0.25, -0.2) is 0 Å². The van der Waals surface area contributed by atoms with Gasteiger partial charge in [0.15, 0.2) is 0 Å². The summed E-state index contributed by atoms with van der Waals surface area (Å²) in [6.07, 6.45) is 5.59. The quantitative estimate of drug-likeness (QED) is 0.256. The highest BCUT2D eigenvalue weighted by molar-refractivity contribution is 5.91. The molecule has 2 N–H and O–H groups in total. The first-order chi connectivity index (χ1) is 17.4. The van der Waals surface area contributed by atoms with Crippen LogP contribution in [0.2, 0.25) is 0 Å². The molecule has 0 bridgehead atoms. The number of carbonyl (C=O) groups excluding carboxylic acids is 1. The molecule has 0 aliphatic carbocycles. The average molecular weight is 500 g/mol. The van der Waals surface area contributed by atoms with Gasteiger partial charge in [0, 0.05) is 29.7 Å². The summed E-state index contributed by atoms with van der Waals surface area (Å²) in [4.78, 5) is 17.9. The van der Waals surface area contributed by atoms with E-state index in [1.54, 1.807) is 6.07 Å². The van der Waals surface area contributed by atoms with Crippen molar-refractivity contribution in [2.24, 2.45) is 0 Å². The Bertz CT molecular complexity index is 1160. The molecule has 0 spiro atoms. The van der Waals surface area contributed by atoms with Gasteiger partial charge in [-0.05, 0) is 86.6 Å². The van der Waals surface area contributed by atoms with Crippen LogP contribution >= 0.6 is 0 Å². The fourth-order valence-electron chi connectivity index (χ4n) is 4.79. The molecule has 3 aromatic rings. The molecule has 0 saturated carbocycles. The number of hydrogen-bond acceptors (Lipinski definition) is 3. The number of aromatic nitrogens is 1. The van der Waals surface area contributed by atoms with E-state index in [1.165, 1.54) is 59.7 Å². The molecule has 192 valence electrons. The minimum Gasteiger partial charge on any atom is -0.406 e. The number of H-pyrrole nitrogens is 1. The van der Waals surface area contributed by atoms with E-state index in [1.807, 2.05) is 0 Å². The Balaban J connectivity index is 1.09. The highest BCUT2D eigenvalue weighted by atomic mass is 19.4. The molecule has 5 nitrogen and oxygen atoms in total. The van der Waals surface area contributed by atoms with Crippen LogP contribution in [0.5, 0.6) is 5.75 Å². The molecule has 0 unspecified atom stereocenters. The van der Waals surface area contributed by atoms with Crippen LogP contribution in [0.3, 0.4) is 0 Å². The monoisotopic (exact) mass is 499 g/mol. The van der Waals surface area contributed by atoms with Crippen molar-refractivity contribution >= 4 is 22.9 Å². The number of carbonyl (C=O) groups is 1. The van der Waals surface area contributed by atoms with Gasteiger partial charge in [-0.3, -0.25) is 4.79 Å². The summed E-state index contributed by atoms with van der Waals surface area (Å²) in [6, 6.07) is 14.0. The number of aromatic amines is 1. The van der Waals surface area contributed by atoms with E-state index < -0.39 is 6.36 Å². The van der Waals surface area contributed by atoms with Crippen LogP contribution in [0.15, 0.2) is 60.8 Å². The lowest BCUT2D eigenvalue weighted by Crippen LogP contribution is -2.33. The number of unbranched alkanes of at least 4 members (excludes halogenated alkanes) is 2. The Kier molecular flexibility index (Phi) is 8.70. The highest BCUT2D eigenvalue weighted by Gasteiger charge is 2.31. The van der Waals surface area contributed by atoms with Crippen molar-refractivity contribution < 1.29 is 22.7 Å². The first-order valence-corrected chi connectivity index (χ1v) is 12.5. The number of alkyl halides is 3. The van der Waals surface area contributed by atoms with Crippen LogP contribution in [0.25, 0.3) is 17.0 Å². The number of ether oxygens (including phenoxy) is 1. The molecule has 36 heavy (non-hydrogen) atoms. The maximum Gasteiger partial charge on any atom is 0.573 e. The van der Waals surface area contributed by atoms with Gasteiger partial charge >= 0.3 is 6.36 Å². The summed E-state index contributed by atoms with van der Waals surface area (Å²) in [5.41, 5.74) is 3.11. The molecular formula is C28H32F3N3O2. The first kappa shape index (κ1) is 25.8. The number of nitrogens with one attached hydrogen (secondary N) is 2. The summed E-state index contributed by atoms with van der Waals surface area (Å²) in [6.45, 7) is 3.87. The number of para-hydroxylation sites is 1. The van der Waals surface area contributed by atoms with Gasteiger partial charge in [0.05, 0.1) is 0 Å². The number of likely N-dealkylation sites (tertiary alicyclic amines) is 1.